The lowest BCUT2D eigenvalue weighted by molar-refractivity contribution is -0.385. The van der Waals surface area contributed by atoms with Crippen molar-refractivity contribution in [2.24, 2.45) is 0 Å². The molecule has 0 saturated heterocycles. The molecule has 0 aliphatic rings. The highest BCUT2D eigenvalue weighted by Crippen LogP contribution is 2.20. The number of nitro groups is 1. The van der Waals surface area contributed by atoms with Crippen LogP contribution in [0, 0.1) is 28.4 Å². The van der Waals surface area contributed by atoms with E-state index in [1.807, 2.05) is 13.0 Å². The van der Waals surface area contributed by atoms with Gasteiger partial charge in [0, 0.05) is 17.2 Å². The van der Waals surface area contributed by atoms with Crippen molar-refractivity contribution in [1.29, 1.82) is 5.26 Å². The minimum Gasteiger partial charge on any atom is -0.346 e. The van der Waals surface area contributed by atoms with E-state index in [4.69, 9.17) is 5.26 Å². The van der Waals surface area contributed by atoms with Gasteiger partial charge in [0.2, 0.25) is 0 Å². The zero-order valence-corrected chi connectivity index (χ0v) is 12.7. The quantitative estimate of drug-likeness (QED) is 0.692. The van der Waals surface area contributed by atoms with E-state index >= 15 is 0 Å². The van der Waals surface area contributed by atoms with Crippen LogP contribution in [-0.2, 0) is 0 Å². The van der Waals surface area contributed by atoms with Gasteiger partial charge in [-0.15, -0.1) is 0 Å². The maximum absolute atomic E-state index is 12.3. The molecule has 0 radical (unpaired) electrons. The molecule has 1 amide bonds. The molecule has 6 heteroatoms. The molecule has 0 aromatic heterocycles. The van der Waals surface area contributed by atoms with E-state index in [1.165, 1.54) is 18.2 Å². The van der Waals surface area contributed by atoms with Crippen LogP contribution in [0.5, 0.6) is 0 Å². The van der Waals surface area contributed by atoms with Crippen LogP contribution >= 0.6 is 0 Å². The van der Waals surface area contributed by atoms with Crippen LogP contribution in [0.25, 0.3) is 0 Å². The third-order valence-electron chi connectivity index (χ3n) is 3.54. The smallest absolute Gasteiger partial charge is 0.272 e. The Bertz CT molecular complexity index is 792. The maximum Gasteiger partial charge on any atom is 0.272 e. The topological polar surface area (TPSA) is 96.0 Å². The van der Waals surface area contributed by atoms with Crippen molar-refractivity contribution in [3.63, 3.8) is 0 Å². The Balaban J connectivity index is 2.13. The van der Waals surface area contributed by atoms with Crippen molar-refractivity contribution in [1.82, 2.24) is 5.32 Å². The molecule has 0 spiro atoms. The van der Waals surface area contributed by atoms with E-state index in [2.05, 4.69) is 5.32 Å². The minimum absolute atomic E-state index is 0.0123. The number of hydrogen-bond acceptors (Lipinski definition) is 4. The molecule has 6 nitrogen and oxygen atoms in total. The average molecular weight is 309 g/mol. The Kier molecular flexibility index (Phi) is 4.72. The van der Waals surface area contributed by atoms with Gasteiger partial charge < -0.3 is 5.32 Å². The second-order valence-electron chi connectivity index (χ2n) is 5.19. The zero-order valence-electron chi connectivity index (χ0n) is 12.7. The van der Waals surface area contributed by atoms with Gasteiger partial charge in [-0.05, 0) is 43.7 Å². The lowest BCUT2D eigenvalue weighted by atomic mass is 10.1. The number of carbonyl (C=O) groups excluding carboxylic acids is 1. The number of carbonyl (C=O) groups is 1. The van der Waals surface area contributed by atoms with Crippen molar-refractivity contribution >= 4 is 11.6 Å². The standard InChI is InChI=1S/C17H15N3O3/c1-11-9-15(7-8-16(11)20(22)23)17(21)19-12(2)14-5-3-13(10-18)4-6-14/h3-9,12H,1-2H3,(H,19,21). The molecule has 0 fully saturated rings. The minimum atomic E-state index is -0.476. The van der Waals surface area contributed by atoms with Gasteiger partial charge in [-0.1, -0.05) is 12.1 Å². The molecule has 2 rings (SSSR count). The number of aryl methyl sites for hydroxylation is 1. The summed E-state index contributed by atoms with van der Waals surface area (Å²) in [6.45, 7) is 3.43. The molecule has 0 aliphatic carbocycles. The average Bonchev–Trinajstić information content (AvgIpc) is 2.54. The second-order valence-corrected chi connectivity index (χ2v) is 5.19. The molecule has 1 atom stereocenters. The molecule has 2 aromatic rings. The highest BCUT2D eigenvalue weighted by atomic mass is 16.6. The first-order valence-corrected chi connectivity index (χ1v) is 6.98. The first-order valence-electron chi connectivity index (χ1n) is 6.98. The lowest BCUT2D eigenvalue weighted by Gasteiger charge is -2.14. The SMILES string of the molecule is Cc1cc(C(=O)NC(C)c2ccc(C#N)cc2)ccc1[N+](=O)[O-]. The van der Waals surface area contributed by atoms with Gasteiger partial charge in [0.1, 0.15) is 0 Å². The van der Waals surface area contributed by atoms with Crippen molar-refractivity contribution in [2.45, 2.75) is 19.9 Å². The Hall–Kier alpha value is -3.20. The summed E-state index contributed by atoms with van der Waals surface area (Å²) in [7, 11) is 0. The number of nitrogens with zero attached hydrogens (tertiary/aromatic N) is 2. The van der Waals surface area contributed by atoms with Crippen molar-refractivity contribution in [3.05, 3.63) is 74.8 Å². The molecular formula is C17H15N3O3. The fraction of sp³-hybridized carbons (Fsp3) is 0.176. The molecule has 0 saturated carbocycles. The van der Waals surface area contributed by atoms with Gasteiger partial charge in [0.15, 0.2) is 0 Å². The molecule has 0 bridgehead atoms. The van der Waals surface area contributed by atoms with Crippen LogP contribution in [0.1, 0.15) is 40.0 Å². The predicted molar refractivity (Wildman–Crippen MR) is 84.9 cm³/mol. The summed E-state index contributed by atoms with van der Waals surface area (Å²) < 4.78 is 0. The number of benzene rings is 2. The van der Waals surface area contributed by atoms with Crippen LogP contribution in [-0.4, -0.2) is 10.8 Å². The van der Waals surface area contributed by atoms with Gasteiger partial charge in [-0.3, -0.25) is 14.9 Å². The molecule has 116 valence electrons. The van der Waals surface area contributed by atoms with Crippen molar-refractivity contribution < 1.29 is 9.72 Å². The van der Waals surface area contributed by atoms with E-state index in [0.717, 1.165) is 5.56 Å². The number of amides is 1. The van der Waals surface area contributed by atoms with Gasteiger partial charge in [-0.25, -0.2) is 0 Å². The fourth-order valence-electron chi connectivity index (χ4n) is 2.21. The first-order chi connectivity index (χ1) is 10.9. The van der Waals surface area contributed by atoms with E-state index in [1.54, 1.807) is 31.2 Å². The zero-order chi connectivity index (χ0) is 17.0. The van der Waals surface area contributed by atoms with Gasteiger partial charge in [-0.2, -0.15) is 5.26 Å². The molecule has 0 aliphatic heterocycles. The normalized spacial score (nSPS) is 11.3. The Morgan fingerprint density at radius 1 is 1.26 bits per heavy atom. The van der Waals surface area contributed by atoms with E-state index in [0.29, 0.717) is 16.7 Å². The molecule has 2 aromatic carbocycles. The largest absolute Gasteiger partial charge is 0.346 e. The van der Waals surface area contributed by atoms with E-state index in [9.17, 15) is 14.9 Å². The van der Waals surface area contributed by atoms with Crippen LogP contribution < -0.4 is 5.32 Å². The van der Waals surface area contributed by atoms with Crippen LogP contribution in [0.4, 0.5) is 5.69 Å². The second kappa shape index (κ2) is 6.71. The summed E-state index contributed by atoms with van der Waals surface area (Å²) in [4.78, 5) is 22.6. The van der Waals surface area contributed by atoms with Crippen LogP contribution in [0.3, 0.4) is 0 Å². The Morgan fingerprint density at radius 2 is 1.91 bits per heavy atom. The molecule has 23 heavy (non-hydrogen) atoms. The first kappa shape index (κ1) is 16.2. The van der Waals surface area contributed by atoms with Crippen molar-refractivity contribution in [3.8, 4) is 6.07 Å². The summed E-state index contributed by atoms with van der Waals surface area (Å²) in [6, 6.07) is 13.0. The third-order valence-corrected chi connectivity index (χ3v) is 3.54. The fourth-order valence-corrected chi connectivity index (χ4v) is 2.21. The van der Waals surface area contributed by atoms with E-state index in [-0.39, 0.29) is 17.6 Å². The summed E-state index contributed by atoms with van der Waals surface area (Å²) in [5.41, 5.74) is 2.22. The van der Waals surface area contributed by atoms with Crippen LogP contribution in [0.15, 0.2) is 42.5 Å². The number of nitro benzene ring substituents is 1. The maximum atomic E-state index is 12.3. The summed E-state index contributed by atoms with van der Waals surface area (Å²) >= 11 is 0. The number of rotatable bonds is 4. The summed E-state index contributed by atoms with van der Waals surface area (Å²) in [5, 5.41) is 22.4. The molecule has 0 heterocycles. The van der Waals surface area contributed by atoms with Gasteiger partial charge >= 0.3 is 0 Å². The Morgan fingerprint density at radius 3 is 2.43 bits per heavy atom. The lowest BCUT2D eigenvalue weighted by Crippen LogP contribution is -2.26. The molecular weight excluding hydrogens is 294 g/mol. The predicted octanol–water partition coefficient (Wildman–Crippen LogP) is 3.27. The molecule has 1 unspecified atom stereocenters. The Labute approximate surface area is 133 Å². The third kappa shape index (κ3) is 3.71. The highest BCUT2D eigenvalue weighted by Gasteiger charge is 2.15. The van der Waals surface area contributed by atoms with E-state index < -0.39 is 4.92 Å². The summed E-state index contributed by atoms with van der Waals surface area (Å²) in [5.74, 6) is -0.306. The summed E-state index contributed by atoms with van der Waals surface area (Å²) in [6.07, 6.45) is 0. The van der Waals surface area contributed by atoms with Crippen LogP contribution in [0.2, 0.25) is 0 Å². The number of nitrogens with one attached hydrogen (secondary N) is 1. The number of nitriles is 1. The van der Waals surface area contributed by atoms with Gasteiger partial charge in [0.25, 0.3) is 11.6 Å². The number of hydrogen-bond donors (Lipinski definition) is 1. The van der Waals surface area contributed by atoms with Gasteiger partial charge in [0.05, 0.1) is 22.6 Å². The molecule has 1 N–H and O–H groups in total. The van der Waals surface area contributed by atoms with Crippen molar-refractivity contribution in [2.75, 3.05) is 0 Å². The monoisotopic (exact) mass is 309 g/mol. The highest BCUT2D eigenvalue weighted by molar-refractivity contribution is 5.95.